The van der Waals surface area contributed by atoms with E-state index in [1.54, 1.807) is 18.3 Å². The molecule has 7 heteroatoms. The Morgan fingerprint density at radius 2 is 1.73 bits per heavy atom. The lowest BCUT2D eigenvalue weighted by molar-refractivity contribution is -0.384. The second-order valence-electron chi connectivity index (χ2n) is 6.01. The number of fused-ring (bicyclic) bond motifs is 1. The number of hydrogen-bond donors (Lipinski definition) is 1. The van der Waals surface area contributed by atoms with Crippen LogP contribution < -0.4 is 0 Å². The molecule has 26 heavy (non-hydrogen) atoms. The Hall–Kier alpha value is -3.32. The third-order valence-electron chi connectivity index (χ3n) is 4.25. The molecule has 0 aliphatic carbocycles. The number of aromatic amines is 1. The number of nitro benzene ring substituents is 1. The van der Waals surface area contributed by atoms with Gasteiger partial charge in [0.1, 0.15) is 4.64 Å². The highest BCUT2D eigenvalue weighted by Crippen LogP contribution is 2.25. The van der Waals surface area contributed by atoms with Crippen LogP contribution in [0.25, 0.3) is 28.2 Å². The van der Waals surface area contributed by atoms with E-state index >= 15 is 0 Å². The molecule has 128 valence electrons. The van der Waals surface area contributed by atoms with Gasteiger partial charge < -0.3 is 4.98 Å². The van der Waals surface area contributed by atoms with Crippen molar-refractivity contribution in [3.8, 4) is 22.4 Å². The molecule has 6 nitrogen and oxygen atoms in total. The van der Waals surface area contributed by atoms with Crippen molar-refractivity contribution in [3.05, 3.63) is 81.2 Å². The van der Waals surface area contributed by atoms with Crippen molar-refractivity contribution in [3.63, 3.8) is 0 Å². The van der Waals surface area contributed by atoms with Gasteiger partial charge in [0.05, 0.1) is 10.6 Å². The van der Waals surface area contributed by atoms with Gasteiger partial charge in [0.15, 0.2) is 0 Å². The summed E-state index contributed by atoms with van der Waals surface area (Å²) in [6.07, 6.45) is 3.63. The summed E-state index contributed by atoms with van der Waals surface area (Å²) in [4.78, 5) is 18.1. The van der Waals surface area contributed by atoms with Crippen molar-refractivity contribution in [2.75, 3.05) is 0 Å². The summed E-state index contributed by atoms with van der Waals surface area (Å²) in [6.45, 7) is 2.04. The Labute approximate surface area is 153 Å². The molecule has 0 spiro atoms. The minimum atomic E-state index is -0.416. The molecule has 0 radical (unpaired) electrons. The summed E-state index contributed by atoms with van der Waals surface area (Å²) in [6, 6.07) is 14.5. The SMILES string of the molecule is Cc1ccc(-c2cnc3[nH]c(-c4ccc([N+](=O)[O-])cc4)cn3c2=S)cc1. The summed E-state index contributed by atoms with van der Waals surface area (Å²) in [5.74, 6) is 0.624. The van der Waals surface area contributed by atoms with E-state index in [0.29, 0.717) is 10.4 Å². The zero-order valence-corrected chi connectivity index (χ0v) is 14.7. The van der Waals surface area contributed by atoms with Gasteiger partial charge >= 0.3 is 0 Å². The van der Waals surface area contributed by atoms with Crippen LogP contribution in [0.2, 0.25) is 0 Å². The third kappa shape index (κ3) is 2.78. The van der Waals surface area contributed by atoms with E-state index in [1.807, 2.05) is 41.8 Å². The van der Waals surface area contributed by atoms with Crippen LogP contribution in [-0.2, 0) is 0 Å². The monoisotopic (exact) mass is 362 g/mol. The van der Waals surface area contributed by atoms with Gasteiger partial charge in [-0.15, -0.1) is 0 Å². The van der Waals surface area contributed by atoms with E-state index in [1.165, 1.54) is 17.7 Å². The Morgan fingerprint density at radius 1 is 1.08 bits per heavy atom. The molecule has 2 aromatic carbocycles. The molecule has 1 N–H and O–H groups in total. The van der Waals surface area contributed by atoms with E-state index in [-0.39, 0.29) is 5.69 Å². The van der Waals surface area contributed by atoms with Gasteiger partial charge in [-0.05, 0) is 24.6 Å². The first-order valence-electron chi connectivity index (χ1n) is 7.95. The Kier molecular flexibility index (Phi) is 3.85. The fourth-order valence-electron chi connectivity index (χ4n) is 2.80. The fourth-order valence-corrected chi connectivity index (χ4v) is 3.11. The number of hydrogen-bond acceptors (Lipinski definition) is 4. The van der Waals surface area contributed by atoms with Crippen molar-refractivity contribution in [2.24, 2.45) is 0 Å². The first kappa shape index (κ1) is 16.2. The zero-order valence-electron chi connectivity index (χ0n) is 13.8. The first-order valence-corrected chi connectivity index (χ1v) is 8.36. The Balaban J connectivity index is 1.80. The van der Waals surface area contributed by atoms with Crippen molar-refractivity contribution >= 4 is 23.7 Å². The number of imidazole rings is 1. The van der Waals surface area contributed by atoms with Crippen LogP contribution in [0, 0.1) is 21.7 Å². The van der Waals surface area contributed by atoms with E-state index < -0.39 is 4.92 Å². The van der Waals surface area contributed by atoms with Crippen molar-refractivity contribution < 1.29 is 4.92 Å². The van der Waals surface area contributed by atoms with Gasteiger partial charge in [-0.2, -0.15) is 0 Å². The minimum absolute atomic E-state index is 0.0567. The number of H-pyrrole nitrogens is 1. The van der Waals surface area contributed by atoms with Gasteiger partial charge in [-0.1, -0.05) is 42.0 Å². The number of non-ortho nitro benzene ring substituents is 1. The van der Waals surface area contributed by atoms with Crippen molar-refractivity contribution in [1.82, 2.24) is 14.4 Å². The summed E-state index contributed by atoms with van der Waals surface area (Å²) in [5.41, 5.74) is 4.75. The fraction of sp³-hybridized carbons (Fsp3) is 0.0526. The van der Waals surface area contributed by atoms with Crippen LogP contribution in [0.15, 0.2) is 60.9 Å². The molecule has 0 amide bonds. The van der Waals surface area contributed by atoms with Crippen LogP contribution in [0.5, 0.6) is 0 Å². The van der Waals surface area contributed by atoms with Gasteiger partial charge in [0.2, 0.25) is 5.78 Å². The molecule has 0 saturated heterocycles. The highest BCUT2D eigenvalue weighted by atomic mass is 32.1. The lowest BCUT2D eigenvalue weighted by atomic mass is 10.1. The quantitative estimate of drug-likeness (QED) is 0.318. The Bertz CT molecular complexity index is 1180. The van der Waals surface area contributed by atoms with E-state index in [2.05, 4.69) is 9.97 Å². The normalized spacial score (nSPS) is 11.0. The molecule has 0 fully saturated rings. The van der Waals surface area contributed by atoms with Crippen molar-refractivity contribution in [2.45, 2.75) is 6.92 Å². The van der Waals surface area contributed by atoms with Crippen LogP contribution in [-0.4, -0.2) is 19.3 Å². The van der Waals surface area contributed by atoms with Crippen LogP contribution in [0.3, 0.4) is 0 Å². The highest BCUT2D eigenvalue weighted by molar-refractivity contribution is 7.71. The number of nitrogens with one attached hydrogen (secondary N) is 1. The molecular formula is C19H14N4O2S. The van der Waals surface area contributed by atoms with Crippen LogP contribution >= 0.6 is 12.2 Å². The molecule has 0 saturated carbocycles. The number of benzene rings is 2. The van der Waals surface area contributed by atoms with Gasteiger partial charge in [0.25, 0.3) is 5.69 Å². The second-order valence-corrected chi connectivity index (χ2v) is 6.40. The molecule has 2 aromatic heterocycles. The van der Waals surface area contributed by atoms with Gasteiger partial charge in [0, 0.05) is 35.7 Å². The van der Waals surface area contributed by atoms with Crippen LogP contribution in [0.1, 0.15) is 5.56 Å². The smallest absolute Gasteiger partial charge is 0.269 e. The summed E-state index contributed by atoms with van der Waals surface area (Å²) < 4.78 is 2.48. The molecule has 0 atom stereocenters. The molecule has 2 heterocycles. The molecule has 0 bridgehead atoms. The summed E-state index contributed by atoms with van der Waals surface area (Å²) >= 11 is 5.64. The number of rotatable bonds is 3. The molecule has 0 unspecified atom stereocenters. The minimum Gasteiger partial charge on any atom is -0.323 e. The van der Waals surface area contributed by atoms with E-state index in [0.717, 1.165) is 22.4 Å². The lowest BCUT2D eigenvalue weighted by Gasteiger charge is -2.03. The average Bonchev–Trinajstić information content (AvgIpc) is 3.08. The third-order valence-corrected chi connectivity index (χ3v) is 4.67. The maximum Gasteiger partial charge on any atom is 0.269 e. The number of nitro groups is 1. The second kappa shape index (κ2) is 6.20. The van der Waals surface area contributed by atoms with E-state index in [9.17, 15) is 10.1 Å². The summed E-state index contributed by atoms with van der Waals surface area (Å²) in [7, 11) is 0. The number of aromatic nitrogens is 3. The van der Waals surface area contributed by atoms with Crippen LogP contribution in [0.4, 0.5) is 5.69 Å². The number of nitrogens with zero attached hydrogens (tertiary/aromatic N) is 3. The van der Waals surface area contributed by atoms with E-state index in [4.69, 9.17) is 12.2 Å². The Morgan fingerprint density at radius 3 is 2.38 bits per heavy atom. The predicted molar refractivity (Wildman–Crippen MR) is 103 cm³/mol. The summed E-state index contributed by atoms with van der Waals surface area (Å²) in [5, 5.41) is 10.8. The van der Waals surface area contributed by atoms with Crippen molar-refractivity contribution in [1.29, 1.82) is 0 Å². The number of aryl methyl sites for hydroxylation is 1. The molecule has 4 aromatic rings. The molecule has 4 rings (SSSR count). The average molecular weight is 362 g/mol. The maximum absolute atomic E-state index is 10.8. The molecule has 0 aliphatic heterocycles. The first-order chi connectivity index (χ1) is 12.5. The lowest BCUT2D eigenvalue weighted by Crippen LogP contribution is -1.92. The standard InChI is InChI=1S/C19H14N4O2S/c1-12-2-4-13(5-3-12)16-10-20-19-21-17(11-22(19)18(16)26)14-6-8-15(9-7-14)23(24)25/h2-11H,1H3,(H,20,21). The maximum atomic E-state index is 10.8. The predicted octanol–water partition coefficient (Wildman–Crippen LogP) is 4.94. The zero-order chi connectivity index (χ0) is 18.3. The molecular weight excluding hydrogens is 348 g/mol. The highest BCUT2D eigenvalue weighted by Gasteiger charge is 2.10. The van der Waals surface area contributed by atoms with Gasteiger partial charge in [-0.25, -0.2) is 4.98 Å². The largest absolute Gasteiger partial charge is 0.323 e. The molecule has 0 aliphatic rings. The topological polar surface area (TPSA) is 76.2 Å². The van der Waals surface area contributed by atoms with Gasteiger partial charge in [-0.3, -0.25) is 14.5 Å².